The smallest absolute Gasteiger partial charge is 0.282 e. The summed E-state index contributed by atoms with van der Waals surface area (Å²) in [4.78, 5) is 23.4. The molecule has 0 bridgehead atoms. The maximum absolute atomic E-state index is 14.1. The van der Waals surface area contributed by atoms with Crippen LogP contribution in [-0.2, 0) is 0 Å². The number of nitrogens with one attached hydrogen (secondary N) is 2. The lowest BCUT2D eigenvalue weighted by Crippen LogP contribution is -2.19. The van der Waals surface area contributed by atoms with Crippen LogP contribution in [0.5, 0.6) is 5.75 Å². The van der Waals surface area contributed by atoms with E-state index < -0.39 is 0 Å². The Bertz CT molecular complexity index is 1690. The molecule has 6 rings (SSSR count). The van der Waals surface area contributed by atoms with Crippen molar-refractivity contribution in [2.45, 2.75) is 0 Å². The molecule has 7 nitrogen and oxygen atoms in total. The second-order valence-electron chi connectivity index (χ2n) is 8.08. The Morgan fingerprint density at radius 1 is 0.861 bits per heavy atom. The van der Waals surface area contributed by atoms with Gasteiger partial charge in [0.1, 0.15) is 11.6 Å². The van der Waals surface area contributed by atoms with Gasteiger partial charge in [0.15, 0.2) is 10.8 Å². The van der Waals surface area contributed by atoms with Crippen LogP contribution in [0.4, 0.5) is 10.9 Å². The lowest BCUT2D eigenvalue weighted by atomic mass is 10.0. The van der Waals surface area contributed by atoms with Crippen molar-refractivity contribution in [1.82, 2.24) is 19.6 Å². The zero-order chi connectivity index (χ0) is 24.5. The highest BCUT2D eigenvalue weighted by molar-refractivity contribution is 7.13. The maximum atomic E-state index is 14.1. The first-order chi connectivity index (χ1) is 17.7. The molecule has 3 aromatic heterocycles. The van der Waals surface area contributed by atoms with E-state index >= 15 is 0 Å². The number of hydrogen-bond donors (Lipinski definition) is 2. The highest BCUT2D eigenvalue weighted by Crippen LogP contribution is 2.36. The zero-order valence-electron chi connectivity index (χ0n) is 19.3. The molecule has 0 amide bonds. The summed E-state index contributed by atoms with van der Waals surface area (Å²) in [7, 11) is 1.61. The molecule has 0 radical (unpaired) electrons. The van der Waals surface area contributed by atoms with Gasteiger partial charge in [0, 0.05) is 17.1 Å². The quantitative estimate of drug-likeness (QED) is 0.288. The van der Waals surface area contributed by atoms with Crippen molar-refractivity contribution < 1.29 is 4.74 Å². The Balaban J connectivity index is 1.67. The lowest BCUT2D eigenvalue weighted by molar-refractivity contribution is 0.415. The lowest BCUT2D eigenvalue weighted by Gasteiger charge is -2.11. The molecule has 0 fully saturated rings. The van der Waals surface area contributed by atoms with Crippen molar-refractivity contribution in [3.05, 3.63) is 107 Å². The minimum absolute atomic E-state index is 0.219. The number of aromatic amines is 1. The minimum Gasteiger partial charge on any atom is -0.497 e. The molecule has 36 heavy (non-hydrogen) atoms. The topological polar surface area (TPSA) is 84.3 Å². The predicted octanol–water partition coefficient (Wildman–Crippen LogP) is 6.23. The fourth-order valence-corrected chi connectivity index (χ4v) is 4.79. The van der Waals surface area contributed by atoms with E-state index in [0.717, 1.165) is 27.9 Å². The van der Waals surface area contributed by atoms with Crippen LogP contribution >= 0.6 is 11.3 Å². The summed E-state index contributed by atoms with van der Waals surface area (Å²) in [5.74, 6) is 1.15. The third-order valence-electron chi connectivity index (χ3n) is 5.94. The van der Waals surface area contributed by atoms with Gasteiger partial charge in [-0.3, -0.25) is 9.89 Å². The number of fused-ring (bicyclic) bond motifs is 1. The monoisotopic (exact) mass is 491 g/mol. The van der Waals surface area contributed by atoms with Gasteiger partial charge < -0.3 is 10.1 Å². The molecule has 0 saturated heterocycles. The number of hydrogen-bond acceptors (Lipinski definition) is 6. The first-order valence-corrected chi connectivity index (χ1v) is 12.2. The standard InChI is InChI=1S/C28H21N5O2S/c1-35-21-14-12-19(13-15-21)23-25(31-28-29-16-17-36-28)30-26-22(18-8-4-2-5-9-18)24(32-33(26)27(23)34)20-10-6-3-7-11-20/h2-17,32H,1H3,(H,29,31). The molecule has 0 unspecified atom stereocenters. The number of nitrogens with zero attached hydrogens (tertiary/aromatic N) is 3. The van der Waals surface area contributed by atoms with Gasteiger partial charge >= 0.3 is 0 Å². The first-order valence-electron chi connectivity index (χ1n) is 11.3. The number of anilines is 2. The highest BCUT2D eigenvalue weighted by Gasteiger charge is 2.23. The largest absolute Gasteiger partial charge is 0.497 e. The molecule has 0 aliphatic carbocycles. The summed E-state index contributed by atoms with van der Waals surface area (Å²) >= 11 is 1.44. The van der Waals surface area contributed by atoms with Crippen LogP contribution in [0.1, 0.15) is 0 Å². The number of ether oxygens (including phenoxy) is 1. The molecule has 0 saturated carbocycles. The zero-order valence-corrected chi connectivity index (χ0v) is 20.1. The van der Waals surface area contributed by atoms with E-state index in [1.54, 1.807) is 13.3 Å². The van der Waals surface area contributed by atoms with E-state index in [4.69, 9.17) is 9.72 Å². The molecule has 0 aliphatic rings. The average molecular weight is 492 g/mol. The third-order valence-corrected chi connectivity index (χ3v) is 6.63. The second kappa shape index (κ2) is 9.16. The summed E-state index contributed by atoms with van der Waals surface area (Å²) < 4.78 is 6.83. The molecule has 176 valence electrons. The summed E-state index contributed by atoms with van der Waals surface area (Å²) in [5.41, 5.74) is 5.05. The number of thiazole rings is 1. The van der Waals surface area contributed by atoms with Crippen molar-refractivity contribution in [1.29, 1.82) is 0 Å². The molecule has 0 atom stereocenters. The van der Waals surface area contributed by atoms with Gasteiger partial charge in [-0.25, -0.2) is 9.97 Å². The van der Waals surface area contributed by atoms with Gasteiger partial charge in [-0.05, 0) is 23.3 Å². The maximum Gasteiger partial charge on any atom is 0.282 e. The molecular formula is C28H21N5O2S. The summed E-state index contributed by atoms with van der Waals surface area (Å²) in [6.07, 6.45) is 1.71. The summed E-state index contributed by atoms with van der Waals surface area (Å²) in [6, 6.07) is 27.3. The van der Waals surface area contributed by atoms with Crippen LogP contribution in [0, 0.1) is 0 Å². The fraction of sp³-hybridized carbons (Fsp3) is 0.0357. The van der Waals surface area contributed by atoms with Gasteiger partial charge in [-0.15, -0.1) is 11.3 Å². The van der Waals surface area contributed by atoms with E-state index in [9.17, 15) is 4.79 Å². The Kier molecular flexibility index (Phi) is 5.55. The van der Waals surface area contributed by atoms with Crippen molar-refractivity contribution >= 4 is 27.9 Å². The second-order valence-corrected chi connectivity index (χ2v) is 8.98. The molecule has 0 aliphatic heterocycles. The Morgan fingerprint density at radius 3 is 2.17 bits per heavy atom. The Hall–Kier alpha value is -4.69. The fourth-order valence-electron chi connectivity index (χ4n) is 4.26. The van der Waals surface area contributed by atoms with E-state index in [1.165, 1.54) is 15.9 Å². The van der Waals surface area contributed by atoms with E-state index in [2.05, 4.69) is 15.4 Å². The molecule has 3 aromatic carbocycles. The van der Waals surface area contributed by atoms with Crippen molar-refractivity contribution in [2.75, 3.05) is 12.4 Å². The number of H-pyrrole nitrogens is 1. The van der Waals surface area contributed by atoms with Crippen molar-refractivity contribution in [2.24, 2.45) is 0 Å². The molecule has 8 heteroatoms. The predicted molar refractivity (Wildman–Crippen MR) is 144 cm³/mol. The highest BCUT2D eigenvalue weighted by atomic mass is 32.1. The van der Waals surface area contributed by atoms with Crippen LogP contribution in [0.15, 0.2) is 101 Å². The van der Waals surface area contributed by atoms with Crippen LogP contribution in [0.2, 0.25) is 0 Å². The first kappa shape index (κ1) is 21.8. The van der Waals surface area contributed by atoms with Crippen molar-refractivity contribution in [3.8, 4) is 39.3 Å². The third kappa shape index (κ3) is 3.83. The van der Waals surface area contributed by atoms with Crippen LogP contribution in [0.3, 0.4) is 0 Å². The van der Waals surface area contributed by atoms with Gasteiger partial charge in [0.05, 0.1) is 23.9 Å². The molecule has 3 heterocycles. The van der Waals surface area contributed by atoms with E-state index in [0.29, 0.717) is 27.9 Å². The normalized spacial score (nSPS) is 11.0. The summed E-state index contributed by atoms with van der Waals surface area (Å²) in [6.45, 7) is 0. The Morgan fingerprint density at radius 2 is 1.53 bits per heavy atom. The van der Waals surface area contributed by atoms with Gasteiger partial charge in [-0.1, -0.05) is 72.8 Å². The van der Waals surface area contributed by atoms with Crippen LogP contribution in [-0.4, -0.2) is 26.7 Å². The number of rotatable bonds is 6. The van der Waals surface area contributed by atoms with Crippen LogP contribution < -0.4 is 15.6 Å². The number of methoxy groups -OCH3 is 1. The summed E-state index contributed by atoms with van der Waals surface area (Å²) in [5, 5.41) is 9.15. The van der Waals surface area contributed by atoms with E-state index in [1.807, 2.05) is 90.3 Å². The van der Waals surface area contributed by atoms with Gasteiger partial charge in [0.25, 0.3) is 5.56 Å². The minimum atomic E-state index is -0.219. The van der Waals surface area contributed by atoms with Crippen molar-refractivity contribution in [3.63, 3.8) is 0 Å². The molecule has 0 spiro atoms. The molecule has 2 N–H and O–H groups in total. The average Bonchev–Trinajstić information content (AvgIpc) is 3.58. The molecule has 6 aromatic rings. The van der Waals surface area contributed by atoms with Gasteiger partial charge in [0.2, 0.25) is 0 Å². The Labute approximate surface area is 210 Å². The molecular weight excluding hydrogens is 470 g/mol. The van der Waals surface area contributed by atoms with Crippen LogP contribution in [0.25, 0.3) is 39.2 Å². The van der Waals surface area contributed by atoms with E-state index in [-0.39, 0.29) is 5.56 Å². The number of aromatic nitrogens is 4. The van der Waals surface area contributed by atoms with Gasteiger partial charge in [-0.2, -0.15) is 4.52 Å². The number of benzene rings is 3. The SMILES string of the molecule is COc1ccc(-c2c(Nc3nccs3)nc3c(-c4ccccc4)c(-c4ccccc4)[nH]n3c2=O)cc1.